The Kier molecular flexibility index (Phi) is 5.92. The van der Waals surface area contributed by atoms with Crippen molar-refractivity contribution < 1.29 is 14.1 Å². The van der Waals surface area contributed by atoms with Crippen molar-refractivity contribution >= 4 is 23.5 Å². The largest absolute Gasteiger partial charge is 0.497 e. The number of amides is 1. The van der Waals surface area contributed by atoms with E-state index in [0.717, 1.165) is 11.3 Å². The minimum absolute atomic E-state index is 0.170. The highest BCUT2D eigenvalue weighted by Gasteiger charge is 2.15. The number of benzene rings is 1. The normalized spacial score (nSPS) is 10.6. The smallest absolute Gasteiger partial charge is 0.236 e. The zero-order valence-corrected chi connectivity index (χ0v) is 15.8. The average molecular weight is 385 g/mol. The van der Waals surface area contributed by atoms with Crippen molar-refractivity contribution in [1.82, 2.24) is 19.9 Å². The van der Waals surface area contributed by atoms with E-state index < -0.39 is 0 Å². The number of nitrogens with zero attached hydrogens (tertiary/aromatic N) is 4. The number of aromatic nitrogens is 4. The molecule has 1 aromatic carbocycles. The van der Waals surface area contributed by atoms with Gasteiger partial charge in [-0.05, 0) is 31.2 Å². The molecule has 0 unspecified atom stereocenters. The van der Waals surface area contributed by atoms with Crippen molar-refractivity contribution in [1.29, 1.82) is 0 Å². The van der Waals surface area contributed by atoms with Gasteiger partial charge in [-0.15, -0.1) is 16.8 Å². The molecule has 8 nitrogen and oxygen atoms in total. The number of ether oxygens (including phenoxy) is 1. The number of hydrogen-bond acceptors (Lipinski definition) is 7. The van der Waals surface area contributed by atoms with E-state index in [1.54, 1.807) is 26.2 Å². The maximum absolute atomic E-state index is 12.1. The van der Waals surface area contributed by atoms with Crippen LogP contribution >= 0.6 is 11.8 Å². The molecule has 0 bridgehead atoms. The lowest BCUT2D eigenvalue weighted by atomic mass is 10.2. The van der Waals surface area contributed by atoms with Crippen LogP contribution in [0.1, 0.15) is 5.76 Å². The summed E-state index contributed by atoms with van der Waals surface area (Å²) in [6.45, 7) is 6.08. The average Bonchev–Trinajstić information content (AvgIpc) is 3.26. The predicted octanol–water partition coefficient (Wildman–Crippen LogP) is 3.17. The van der Waals surface area contributed by atoms with Gasteiger partial charge in [0.15, 0.2) is 16.8 Å². The Balaban J connectivity index is 1.72. The lowest BCUT2D eigenvalue weighted by Gasteiger charge is -2.08. The Morgan fingerprint density at radius 1 is 1.37 bits per heavy atom. The number of carbonyl (C=O) groups is 1. The van der Waals surface area contributed by atoms with E-state index >= 15 is 0 Å². The van der Waals surface area contributed by atoms with E-state index in [1.165, 1.54) is 11.8 Å². The Bertz CT molecular complexity index is 933. The third-order valence-corrected chi connectivity index (χ3v) is 4.57. The summed E-state index contributed by atoms with van der Waals surface area (Å²) in [6.07, 6.45) is 1.76. The van der Waals surface area contributed by atoms with Crippen LogP contribution in [0.3, 0.4) is 0 Å². The maximum atomic E-state index is 12.1. The van der Waals surface area contributed by atoms with Crippen LogP contribution in [-0.2, 0) is 11.3 Å². The molecule has 0 aliphatic carbocycles. The van der Waals surface area contributed by atoms with Crippen LogP contribution in [0.5, 0.6) is 5.75 Å². The third kappa shape index (κ3) is 4.56. The van der Waals surface area contributed by atoms with Crippen molar-refractivity contribution in [3.05, 3.63) is 48.7 Å². The molecule has 0 atom stereocenters. The van der Waals surface area contributed by atoms with Crippen molar-refractivity contribution in [2.45, 2.75) is 18.6 Å². The van der Waals surface area contributed by atoms with Crippen LogP contribution in [0.25, 0.3) is 11.4 Å². The molecule has 1 N–H and O–H groups in total. The Morgan fingerprint density at radius 3 is 2.78 bits per heavy atom. The summed E-state index contributed by atoms with van der Waals surface area (Å²) < 4.78 is 12.0. The van der Waals surface area contributed by atoms with Gasteiger partial charge in [0.05, 0.1) is 12.9 Å². The first-order chi connectivity index (χ1) is 13.1. The van der Waals surface area contributed by atoms with Gasteiger partial charge in [0.25, 0.3) is 0 Å². The van der Waals surface area contributed by atoms with Crippen LogP contribution in [-0.4, -0.2) is 38.7 Å². The highest BCUT2D eigenvalue weighted by atomic mass is 32.2. The molecule has 0 radical (unpaired) electrons. The van der Waals surface area contributed by atoms with Crippen molar-refractivity contribution in [2.24, 2.45) is 0 Å². The van der Waals surface area contributed by atoms with E-state index in [4.69, 9.17) is 9.26 Å². The van der Waals surface area contributed by atoms with E-state index in [1.807, 2.05) is 28.8 Å². The van der Waals surface area contributed by atoms with E-state index in [-0.39, 0.29) is 11.7 Å². The summed E-state index contributed by atoms with van der Waals surface area (Å²) in [5.41, 5.74) is 0.902. The first-order valence-corrected chi connectivity index (χ1v) is 9.13. The Labute approximate surface area is 160 Å². The second kappa shape index (κ2) is 8.54. The fourth-order valence-corrected chi connectivity index (χ4v) is 3.12. The van der Waals surface area contributed by atoms with Crippen LogP contribution < -0.4 is 10.1 Å². The molecule has 2 aromatic heterocycles. The molecule has 0 fully saturated rings. The van der Waals surface area contributed by atoms with Crippen molar-refractivity contribution in [3.63, 3.8) is 0 Å². The van der Waals surface area contributed by atoms with Gasteiger partial charge in [0, 0.05) is 18.2 Å². The summed E-state index contributed by atoms with van der Waals surface area (Å²) >= 11 is 1.29. The second-order valence-corrected chi connectivity index (χ2v) is 6.54. The van der Waals surface area contributed by atoms with Crippen molar-refractivity contribution in [3.8, 4) is 17.1 Å². The number of thioether (sulfide) groups is 1. The quantitative estimate of drug-likeness (QED) is 0.470. The van der Waals surface area contributed by atoms with E-state index in [0.29, 0.717) is 29.1 Å². The fraction of sp³-hybridized carbons (Fsp3) is 0.222. The zero-order chi connectivity index (χ0) is 19.2. The number of rotatable bonds is 8. The number of anilines is 1. The number of methoxy groups -OCH3 is 1. The Morgan fingerprint density at radius 2 is 2.15 bits per heavy atom. The molecule has 3 rings (SSSR count). The molecule has 0 aliphatic rings. The van der Waals surface area contributed by atoms with Gasteiger partial charge in [-0.25, -0.2) is 0 Å². The molecule has 140 valence electrons. The highest BCUT2D eigenvalue weighted by molar-refractivity contribution is 7.99. The van der Waals surface area contributed by atoms with Gasteiger partial charge in [-0.3, -0.25) is 9.36 Å². The SMILES string of the molecule is C=CCn1c(SCC(=O)Nc2cc(C)on2)nnc1-c1ccc(OC)cc1. The molecular weight excluding hydrogens is 366 g/mol. The standard InChI is InChI=1S/C18H19N5O3S/c1-4-9-23-17(13-5-7-14(25-3)8-6-13)20-21-18(23)27-11-16(24)19-15-10-12(2)26-22-15/h4-8,10H,1,9,11H2,2-3H3,(H,19,22,24). The van der Waals surface area contributed by atoms with Gasteiger partial charge in [0.1, 0.15) is 11.5 Å². The van der Waals surface area contributed by atoms with E-state index in [2.05, 4.69) is 27.2 Å². The molecule has 3 aromatic rings. The number of carbonyl (C=O) groups excluding carboxylic acids is 1. The molecule has 27 heavy (non-hydrogen) atoms. The number of hydrogen-bond donors (Lipinski definition) is 1. The summed E-state index contributed by atoms with van der Waals surface area (Å²) in [7, 11) is 1.62. The van der Waals surface area contributed by atoms with E-state index in [9.17, 15) is 4.79 Å². The Hall–Kier alpha value is -3.07. The fourth-order valence-electron chi connectivity index (χ4n) is 2.38. The summed E-state index contributed by atoms with van der Waals surface area (Å²) in [4.78, 5) is 12.1. The second-order valence-electron chi connectivity index (χ2n) is 5.59. The zero-order valence-electron chi connectivity index (χ0n) is 15.0. The number of allylic oxidation sites excluding steroid dienone is 1. The summed E-state index contributed by atoms with van der Waals surface area (Å²) in [5, 5.41) is 15.5. The third-order valence-electron chi connectivity index (χ3n) is 3.60. The lowest BCUT2D eigenvalue weighted by Crippen LogP contribution is -2.14. The molecular formula is C18H19N5O3S. The topological polar surface area (TPSA) is 95.1 Å². The molecule has 0 aliphatic heterocycles. The van der Waals surface area contributed by atoms with Crippen LogP contribution in [0.15, 0.2) is 52.7 Å². The summed E-state index contributed by atoms with van der Waals surface area (Å²) in [5.74, 6) is 2.46. The van der Waals surface area contributed by atoms with Crippen LogP contribution in [0.4, 0.5) is 5.82 Å². The molecule has 0 spiro atoms. The molecule has 1 amide bonds. The molecule has 9 heteroatoms. The molecule has 2 heterocycles. The van der Waals surface area contributed by atoms with Gasteiger partial charge < -0.3 is 14.6 Å². The van der Waals surface area contributed by atoms with Gasteiger partial charge >= 0.3 is 0 Å². The van der Waals surface area contributed by atoms with Gasteiger partial charge in [-0.1, -0.05) is 23.0 Å². The molecule has 0 saturated carbocycles. The highest BCUT2D eigenvalue weighted by Crippen LogP contribution is 2.25. The minimum atomic E-state index is -0.201. The van der Waals surface area contributed by atoms with Gasteiger partial charge in [-0.2, -0.15) is 0 Å². The van der Waals surface area contributed by atoms with Crippen molar-refractivity contribution in [2.75, 3.05) is 18.2 Å². The lowest BCUT2D eigenvalue weighted by molar-refractivity contribution is -0.113. The van der Waals surface area contributed by atoms with Crippen LogP contribution in [0.2, 0.25) is 0 Å². The number of aryl methyl sites for hydroxylation is 1. The maximum Gasteiger partial charge on any atom is 0.236 e. The van der Waals surface area contributed by atoms with Crippen LogP contribution in [0, 0.1) is 6.92 Å². The number of nitrogens with one attached hydrogen (secondary N) is 1. The molecule has 0 saturated heterocycles. The van der Waals surface area contributed by atoms with Gasteiger partial charge in [0.2, 0.25) is 5.91 Å². The minimum Gasteiger partial charge on any atom is -0.497 e. The first-order valence-electron chi connectivity index (χ1n) is 8.15. The summed E-state index contributed by atoms with van der Waals surface area (Å²) in [6, 6.07) is 9.21. The predicted molar refractivity (Wildman–Crippen MR) is 103 cm³/mol. The first kappa shape index (κ1) is 18.7. The monoisotopic (exact) mass is 385 g/mol.